The molecule has 0 aromatic rings. The van der Waals surface area contributed by atoms with Crippen LogP contribution in [0.3, 0.4) is 0 Å². The third-order valence-corrected chi connectivity index (χ3v) is 5.97. The second-order valence-corrected chi connectivity index (χ2v) is 7.09. The van der Waals surface area contributed by atoms with Crippen molar-refractivity contribution in [2.45, 2.75) is 54.9 Å². The number of rotatable bonds is 6. The van der Waals surface area contributed by atoms with Gasteiger partial charge in [0.05, 0.1) is 0 Å². The summed E-state index contributed by atoms with van der Waals surface area (Å²) >= 11 is 0. The molecule has 0 N–H and O–H groups in total. The molecule has 1 aliphatic carbocycles. The fourth-order valence-electron chi connectivity index (χ4n) is 2.02. The highest BCUT2D eigenvalue weighted by Gasteiger charge is 2.41. The van der Waals surface area contributed by atoms with Crippen molar-refractivity contribution in [3.63, 3.8) is 0 Å². The first-order chi connectivity index (χ1) is 8.39. The van der Waals surface area contributed by atoms with Crippen LogP contribution in [0.15, 0.2) is 0 Å². The monoisotopic (exact) mass is 276 g/mol. The van der Waals surface area contributed by atoms with Crippen LogP contribution in [0.25, 0.3) is 0 Å². The molecule has 18 heavy (non-hydrogen) atoms. The maximum atomic E-state index is 5.22. The van der Waals surface area contributed by atoms with Gasteiger partial charge in [-0.05, 0) is 44.4 Å². The lowest BCUT2D eigenvalue weighted by atomic mass is 9.56. The lowest BCUT2D eigenvalue weighted by Gasteiger charge is -2.49. The standard InChI is InChI=1S/C8H16.C6H16O3Si/c1-6-5-7(2)8(6,3)4;1-4-7-10(8-5-2)9-6-3/h6-7H,5H2,1-4H3;10H,4-6H2,1-3H3. The summed E-state index contributed by atoms with van der Waals surface area (Å²) in [4.78, 5) is 0. The highest BCUT2D eigenvalue weighted by Crippen LogP contribution is 2.50. The van der Waals surface area contributed by atoms with Crippen LogP contribution in [-0.2, 0) is 13.3 Å². The third kappa shape index (κ3) is 5.82. The van der Waals surface area contributed by atoms with Gasteiger partial charge in [-0.2, -0.15) is 0 Å². The quantitative estimate of drug-likeness (QED) is 0.695. The summed E-state index contributed by atoms with van der Waals surface area (Å²) in [5, 5.41) is 0. The average molecular weight is 276 g/mol. The molecule has 1 fully saturated rings. The number of hydrogen-bond acceptors (Lipinski definition) is 3. The van der Waals surface area contributed by atoms with Gasteiger partial charge in [-0.3, -0.25) is 0 Å². The predicted molar refractivity (Wildman–Crippen MR) is 78.8 cm³/mol. The zero-order valence-corrected chi connectivity index (χ0v) is 14.4. The van der Waals surface area contributed by atoms with Crippen LogP contribution < -0.4 is 0 Å². The normalized spacial score (nSPS) is 25.3. The van der Waals surface area contributed by atoms with Gasteiger partial charge in [0.15, 0.2) is 0 Å². The maximum absolute atomic E-state index is 5.22. The molecule has 4 heteroatoms. The van der Waals surface area contributed by atoms with Crippen LogP contribution in [0, 0.1) is 17.3 Å². The van der Waals surface area contributed by atoms with Gasteiger partial charge in [-0.15, -0.1) is 0 Å². The van der Waals surface area contributed by atoms with Crippen molar-refractivity contribution < 1.29 is 13.3 Å². The third-order valence-electron chi connectivity index (χ3n) is 4.16. The Kier molecular flexibility index (Phi) is 9.12. The first kappa shape index (κ1) is 18.1. The van der Waals surface area contributed by atoms with Gasteiger partial charge in [0.25, 0.3) is 0 Å². The Labute approximate surface area is 115 Å². The summed E-state index contributed by atoms with van der Waals surface area (Å²) in [6.07, 6.45) is 1.44. The van der Waals surface area contributed by atoms with E-state index in [1.807, 2.05) is 20.8 Å². The minimum Gasteiger partial charge on any atom is -0.376 e. The zero-order valence-electron chi connectivity index (χ0n) is 13.3. The highest BCUT2D eigenvalue weighted by molar-refractivity contribution is 6.36. The molecule has 2 atom stereocenters. The predicted octanol–water partition coefficient (Wildman–Crippen LogP) is 3.50. The van der Waals surface area contributed by atoms with Crippen molar-refractivity contribution in [2.75, 3.05) is 19.8 Å². The van der Waals surface area contributed by atoms with Crippen LogP contribution >= 0.6 is 0 Å². The van der Waals surface area contributed by atoms with Crippen molar-refractivity contribution in [2.24, 2.45) is 17.3 Å². The minimum atomic E-state index is -1.73. The molecule has 3 nitrogen and oxygen atoms in total. The average Bonchev–Trinajstić information content (AvgIpc) is 2.31. The van der Waals surface area contributed by atoms with Gasteiger partial charge in [0.1, 0.15) is 0 Å². The summed E-state index contributed by atoms with van der Waals surface area (Å²) in [5.74, 6) is 1.91. The van der Waals surface area contributed by atoms with Crippen molar-refractivity contribution in [3.8, 4) is 0 Å². The second kappa shape index (κ2) is 9.07. The summed E-state index contributed by atoms with van der Waals surface area (Å²) in [6.45, 7) is 17.3. The summed E-state index contributed by atoms with van der Waals surface area (Å²) in [5.41, 5.74) is 0.639. The van der Waals surface area contributed by atoms with Gasteiger partial charge in [-0.1, -0.05) is 27.7 Å². The van der Waals surface area contributed by atoms with Gasteiger partial charge in [0.2, 0.25) is 0 Å². The van der Waals surface area contributed by atoms with E-state index in [-0.39, 0.29) is 0 Å². The molecule has 0 amide bonds. The Morgan fingerprint density at radius 3 is 1.33 bits per heavy atom. The first-order valence-corrected chi connectivity index (χ1v) is 8.66. The minimum absolute atomic E-state index is 0.639. The van der Waals surface area contributed by atoms with E-state index in [0.717, 1.165) is 11.8 Å². The molecular weight excluding hydrogens is 244 g/mol. The maximum Gasteiger partial charge on any atom is 0.484 e. The Balaban J connectivity index is 0.000000327. The van der Waals surface area contributed by atoms with Crippen molar-refractivity contribution in [1.29, 1.82) is 0 Å². The SMILES string of the molecule is CC1CC(C)C1(C)C.CCO[SiH](OCC)OCC. The molecule has 0 aromatic carbocycles. The van der Waals surface area contributed by atoms with Gasteiger partial charge < -0.3 is 13.3 Å². The van der Waals surface area contributed by atoms with Crippen molar-refractivity contribution >= 4 is 9.53 Å². The molecule has 0 aromatic heterocycles. The highest BCUT2D eigenvalue weighted by atomic mass is 28.3. The smallest absolute Gasteiger partial charge is 0.376 e. The van der Waals surface area contributed by atoms with E-state index in [4.69, 9.17) is 13.3 Å². The van der Waals surface area contributed by atoms with E-state index in [0.29, 0.717) is 25.2 Å². The zero-order chi connectivity index (χ0) is 14.2. The number of hydrogen-bond donors (Lipinski definition) is 0. The largest absolute Gasteiger partial charge is 0.484 e. The van der Waals surface area contributed by atoms with Crippen LogP contribution in [0.4, 0.5) is 0 Å². The van der Waals surface area contributed by atoms with Gasteiger partial charge in [-0.25, -0.2) is 0 Å². The fourth-order valence-corrected chi connectivity index (χ4v) is 3.12. The molecule has 0 bridgehead atoms. The molecule has 1 rings (SSSR count). The molecule has 2 unspecified atom stereocenters. The lowest BCUT2D eigenvalue weighted by molar-refractivity contribution is 0.00567. The molecule has 0 spiro atoms. The molecule has 0 aliphatic heterocycles. The van der Waals surface area contributed by atoms with E-state index >= 15 is 0 Å². The Morgan fingerprint density at radius 2 is 1.22 bits per heavy atom. The van der Waals surface area contributed by atoms with Gasteiger partial charge in [0, 0.05) is 19.8 Å². The molecule has 0 saturated heterocycles. The van der Waals surface area contributed by atoms with E-state index in [1.165, 1.54) is 6.42 Å². The van der Waals surface area contributed by atoms with E-state index in [9.17, 15) is 0 Å². The fraction of sp³-hybridized carbons (Fsp3) is 1.00. The summed E-state index contributed by atoms with van der Waals surface area (Å²) in [7, 11) is -1.73. The molecule has 1 aliphatic rings. The summed E-state index contributed by atoms with van der Waals surface area (Å²) < 4.78 is 15.7. The van der Waals surface area contributed by atoms with E-state index in [1.54, 1.807) is 0 Å². The molecule has 110 valence electrons. The van der Waals surface area contributed by atoms with Crippen LogP contribution in [0.1, 0.15) is 54.9 Å². The van der Waals surface area contributed by atoms with E-state index < -0.39 is 9.53 Å². The Morgan fingerprint density at radius 1 is 0.889 bits per heavy atom. The molecule has 0 heterocycles. The van der Waals surface area contributed by atoms with Crippen LogP contribution in [0.5, 0.6) is 0 Å². The van der Waals surface area contributed by atoms with Crippen LogP contribution in [0.2, 0.25) is 0 Å². The lowest BCUT2D eigenvalue weighted by Crippen LogP contribution is -2.41. The Bertz CT molecular complexity index is 185. The molecule has 1 saturated carbocycles. The van der Waals surface area contributed by atoms with Gasteiger partial charge >= 0.3 is 9.53 Å². The van der Waals surface area contributed by atoms with E-state index in [2.05, 4.69) is 27.7 Å². The Hall–Kier alpha value is 0.0969. The molecule has 0 radical (unpaired) electrons. The summed E-state index contributed by atoms with van der Waals surface area (Å²) in [6, 6.07) is 0. The first-order valence-electron chi connectivity index (χ1n) is 7.24. The topological polar surface area (TPSA) is 27.7 Å². The second-order valence-electron chi connectivity index (χ2n) is 5.51. The van der Waals surface area contributed by atoms with Crippen molar-refractivity contribution in [3.05, 3.63) is 0 Å². The van der Waals surface area contributed by atoms with Crippen LogP contribution in [-0.4, -0.2) is 29.3 Å². The molecular formula is C14H32O3Si. The van der Waals surface area contributed by atoms with Crippen molar-refractivity contribution in [1.82, 2.24) is 0 Å².